The Morgan fingerprint density at radius 2 is 1.45 bits per heavy atom. The van der Waals surface area contributed by atoms with E-state index >= 15 is 0 Å². The molecule has 22 heavy (non-hydrogen) atoms. The van der Waals surface area contributed by atoms with E-state index in [-0.39, 0.29) is 25.2 Å². The Balaban J connectivity index is 3.24. The van der Waals surface area contributed by atoms with Gasteiger partial charge >= 0.3 is 5.97 Å². The zero-order chi connectivity index (χ0) is 16.5. The molecule has 0 heterocycles. The molecule has 0 bridgehead atoms. The Bertz CT molecular complexity index is 312. The van der Waals surface area contributed by atoms with Crippen molar-refractivity contribution in [3.8, 4) is 0 Å². The Kier molecular flexibility index (Phi) is 15.3. The summed E-state index contributed by atoms with van der Waals surface area (Å²) in [6.07, 6.45) is 12.9. The Labute approximate surface area is 133 Å². The first-order valence-corrected chi connectivity index (χ1v) is 8.15. The maximum atomic E-state index is 11.5. The van der Waals surface area contributed by atoms with Crippen molar-refractivity contribution in [3.63, 3.8) is 0 Å². The summed E-state index contributed by atoms with van der Waals surface area (Å²) in [6, 6.07) is 0. The normalized spacial score (nSPS) is 11.0. The van der Waals surface area contributed by atoms with Gasteiger partial charge in [0.25, 0.3) is 0 Å². The van der Waals surface area contributed by atoms with Crippen molar-refractivity contribution in [2.24, 2.45) is 0 Å². The van der Waals surface area contributed by atoms with E-state index in [1.807, 2.05) is 0 Å². The van der Waals surface area contributed by atoms with Crippen LogP contribution in [0.2, 0.25) is 0 Å². The molecule has 0 radical (unpaired) electrons. The predicted octanol–water partition coefficient (Wildman–Crippen LogP) is 3.15. The first-order valence-electron chi connectivity index (χ1n) is 8.15. The van der Waals surface area contributed by atoms with Gasteiger partial charge in [-0.05, 0) is 18.9 Å². The number of hydrogen-bond donors (Lipinski definition) is 1. The van der Waals surface area contributed by atoms with E-state index in [9.17, 15) is 9.59 Å². The lowest BCUT2D eigenvalue weighted by Gasteiger charge is -2.02. The van der Waals surface area contributed by atoms with Gasteiger partial charge in [-0.2, -0.15) is 0 Å². The summed E-state index contributed by atoms with van der Waals surface area (Å²) in [4.78, 5) is 22.4. The summed E-state index contributed by atoms with van der Waals surface area (Å²) in [5.41, 5.74) is 0. The molecule has 1 N–H and O–H groups in total. The number of methoxy groups -OCH3 is 1. The molecular weight excluding hydrogens is 284 g/mol. The lowest BCUT2D eigenvalue weighted by atomic mass is 10.1. The number of esters is 1. The molecule has 0 saturated heterocycles. The monoisotopic (exact) mass is 314 g/mol. The molecular formula is C17H30O5. The summed E-state index contributed by atoms with van der Waals surface area (Å²) in [7, 11) is 1.42. The third-order valence-electron chi connectivity index (χ3n) is 3.39. The number of ketones is 1. The minimum atomic E-state index is -0.318. The first kappa shape index (κ1) is 20.8. The zero-order valence-corrected chi connectivity index (χ0v) is 13.7. The van der Waals surface area contributed by atoms with Crippen LogP contribution in [0.15, 0.2) is 12.2 Å². The fourth-order valence-electron chi connectivity index (χ4n) is 2.11. The standard InChI is InChI=1S/C17H30O5/c1-21-17(20)13-9-7-5-3-2-4-6-8-11-16(19)12-10-14-22-15-18/h10,12,18H,2-9,11,13-15H2,1H3. The van der Waals surface area contributed by atoms with Gasteiger partial charge in [0.05, 0.1) is 13.7 Å². The number of ether oxygens (including phenoxy) is 2. The minimum Gasteiger partial charge on any atom is -0.469 e. The Morgan fingerprint density at radius 1 is 0.909 bits per heavy atom. The highest BCUT2D eigenvalue weighted by Crippen LogP contribution is 2.11. The Hall–Kier alpha value is -1.20. The van der Waals surface area contributed by atoms with Crippen LogP contribution in [0.3, 0.4) is 0 Å². The van der Waals surface area contributed by atoms with Gasteiger partial charge in [-0.15, -0.1) is 0 Å². The van der Waals surface area contributed by atoms with Crippen LogP contribution >= 0.6 is 0 Å². The molecule has 0 aliphatic carbocycles. The van der Waals surface area contributed by atoms with Crippen molar-refractivity contribution < 1.29 is 24.2 Å². The summed E-state index contributed by atoms with van der Waals surface area (Å²) >= 11 is 0. The molecule has 5 heteroatoms. The van der Waals surface area contributed by atoms with E-state index in [4.69, 9.17) is 9.84 Å². The third-order valence-corrected chi connectivity index (χ3v) is 3.39. The highest BCUT2D eigenvalue weighted by atomic mass is 16.6. The average molecular weight is 314 g/mol. The molecule has 0 amide bonds. The quantitative estimate of drug-likeness (QED) is 0.217. The molecule has 0 rings (SSSR count). The lowest BCUT2D eigenvalue weighted by Crippen LogP contribution is -1.99. The number of rotatable bonds is 15. The maximum absolute atomic E-state index is 11.5. The second kappa shape index (κ2) is 16.2. The average Bonchev–Trinajstić information content (AvgIpc) is 2.53. The van der Waals surface area contributed by atoms with E-state index in [0.29, 0.717) is 12.8 Å². The molecule has 0 aromatic heterocycles. The van der Waals surface area contributed by atoms with Crippen LogP contribution < -0.4 is 0 Å². The van der Waals surface area contributed by atoms with Crippen LogP contribution in [0.1, 0.15) is 64.2 Å². The zero-order valence-electron chi connectivity index (χ0n) is 13.7. The van der Waals surface area contributed by atoms with E-state index in [1.165, 1.54) is 26.0 Å². The fraction of sp³-hybridized carbons (Fsp3) is 0.765. The molecule has 0 aliphatic heterocycles. The first-order chi connectivity index (χ1) is 10.7. The van der Waals surface area contributed by atoms with Crippen molar-refractivity contribution in [3.05, 3.63) is 12.2 Å². The molecule has 0 aromatic carbocycles. The summed E-state index contributed by atoms with van der Waals surface area (Å²) in [6.45, 7) is -0.0422. The summed E-state index contributed by atoms with van der Waals surface area (Å²) < 4.78 is 9.28. The smallest absolute Gasteiger partial charge is 0.305 e. The van der Waals surface area contributed by atoms with Crippen molar-refractivity contribution >= 4 is 11.8 Å². The number of hydrogen-bond acceptors (Lipinski definition) is 5. The van der Waals surface area contributed by atoms with Crippen LogP contribution in [0, 0.1) is 0 Å². The van der Waals surface area contributed by atoms with Crippen molar-refractivity contribution in [2.75, 3.05) is 20.5 Å². The van der Waals surface area contributed by atoms with Gasteiger partial charge in [-0.25, -0.2) is 0 Å². The van der Waals surface area contributed by atoms with Crippen molar-refractivity contribution in [1.29, 1.82) is 0 Å². The second-order valence-corrected chi connectivity index (χ2v) is 5.27. The van der Waals surface area contributed by atoms with Gasteiger partial charge < -0.3 is 14.6 Å². The second-order valence-electron chi connectivity index (χ2n) is 5.27. The van der Waals surface area contributed by atoms with Gasteiger partial charge in [0.15, 0.2) is 5.78 Å². The highest BCUT2D eigenvalue weighted by molar-refractivity contribution is 5.89. The molecule has 0 aromatic rings. The van der Waals surface area contributed by atoms with Gasteiger partial charge in [0, 0.05) is 12.8 Å². The maximum Gasteiger partial charge on any atom is 0.305 e. The summed E-state index contributed by atoms with van der Waals surface area (Å²) in [5.74, 6) is -0.00834. The van der Waals surface area contributed by atoms with Crippen molar-refractivity contribution in [2.45, 2.75) is 64.2 Å². The number of unbranched alkanes of at least 4 members (excludes halogenated alkanes) is 7. The molecule has 0 unspecified atom stereocenters. The topological polar surface area (TPSA) is 72.8 Å². The van der Waals surface area contributed by atoms with Gasteiger partial charge in [0.1, 0.15) is 6.79 Å². The van der Waals surface area contributed by atoms with Crippen LogP contribution in [0.4, 0.5) is 0 Å². The van der Waals surface area contributed by atoms with Gasteiger partial charge in [0.2, 0.25) is 0 Å². The number of aliphatic hydroxyl groups is 1. The molecule has 5 nitrogen and oxygen atoms in total. The van der Waals surface area contributed by atoms with E-state index in [2.05, 4.69) is 4.74 Å². The van der Waals surface area contributed by atoms with Crippen LogP contribution in [0.25, 0.3) is 0 Å². The minimum absolute atomic E-state index is 0.115. The number of aliphatic hydroxyl groups excluding tert-OH is 1. The molecule has 0 aliphatic rings. The predicted molar refractivity (Wildman–Crippen MR) is 85.4 cm³/mol. The molecule has 128 valence electrons. The Morgan fingerprint density at radius 3 is 2.00 bits per heavy atom. The van der Waals surface area contributed by atoms with Crippen LogP contribution in [0.5, 0.6) is 0 Å². The molecule has 0 spiro atoms. The van der Waals surface area contributed by atoms with Crippen molar-refractivity contribution in [1.82, 2.24) is 0 Å². The van der Waals surface area contributed by atoms with Crippen LogP contribution in [-0.4, -0.2) is 37.4 Å². The number of allylic oxidation sites excluding steroid dienone is 1. The number of carbonyl (C=O) groups excluding carboxylic acids is 2. The SMILES string of the molecule is COC(=O)CCCCCCCCCCC(=O)C=CCOCO. The number of carbonyl (C=O) groups is 2. The molecule has 0 saturated carbocycles. The highest BCUT2D eigenvalue weighted by Gasteiger charge is 2.00. The molecule has 0 atom stereocenters. The van der Waals surface area contributed by atoms with Crippen LogP contribution in [-0.2, 0) is 19.1 Å². The van der Waals surface area contributed by atoms with E-state index in [0.717, 1.165) is 38.5 Å². The molecule has 0 fully saturated rings. The van der Waals surface area contributed by atoms with Gasteiger partial charge in [-0.1, -0.05) is 44.6 Å². The lowest BCUT2D eigenvalue weighted by molar-refractivity contribution is -0.140. The van der Waals surface area contributed by atoms with E-state index < -0.39 is 0 Å². The van der Waals surface area contributed by atoms with E-state index in [1.54, 1.807) is 6.08 Å². The largest absolute Gasteiger partial charge is 0.469 e. The third kappa shape index (κ3) is 15.2. The summed E-state index contributed by atoms with van der Waals surface area (Å²) in [5, 5.41) is 8.40. The van der Waals surface area contributed by atoms with Gasteiger partial charge in [-0.3, -0.25) is 9.59 Å². The fourth-order valence-corrected chi connectivity index (χ4v) is 2.11.